The minimum atomic E-state index is -0.814. The number of carbonyl (C=O) groups is 2. The Morgan fingerprint density at radius 2 is 2.24 bits per heavy atom. The lowest BCUT2D eigenvalue weighted by atomic mass is 10.1. The Hall–Kier alpha value is -1.86. The molecule has 0 aliphatic rings. The van der Waals surface area contributed by atoms with Crippen LogP contribution in [0.25, 0.3) is 10.2 Å². The molecule has 0 unspecified atom stereocenters. The van der Waals surface area contributed by atoms with Crippen molar-refractivity contribution in [2.45, 2.75) is 25.8 Å². The van der Waals surface area contributed by atoms with Crippen molar-refractivity contribution in [2.75, 3.05) is 7.11 Å². The molecule has 2 heterocycles. The number of rotatable bonds is 5. The third-order valence-electron chi connectivity index (χ3n) is 3.19. The van der Waals surface area contributed by atoms with Crippen LogP contribution in [-0.2, 0) is 9.53 Å². The summed E-state index contributed by atoms with van der Waals surface area (Å²) in [6.45, 7) is 1.65. The lowest BCUT2D eigenvalue weighted by Gasteiger charge is -2.07. The summed E-state index contributed by atoms with van der Waals surface area (Å²) < 4.78 is 18.6. The minimum absolute atomic E-state index is 0.130. The maximum Gasteiger partial charge on any atom is 0.322 e. The van der Waals surface area contributed by atoms with Crippen LogP contribution >= 0.6 is 11.3 Å². The number of methoxy groups -OCH3 is 1. The molecule has 0 bridgehead atoms. The van der Waals surface area contributed by atoms with Crippen molar-refractivity contribution < 1.29 is 18.7 Å². The Bertz CT molecular complexity index is 699. The molecule has 0 saturated heterocycles. The van der Waals surface area contributed by atoms with Gasteiger partial charge in [-0.05, 0) is 19.4 Å². The number of nitrogens with two attached hydrogens (primary N) is 1. The van der Waals surface area contributed by atoms with Gasteiger partial charge in [-0.1, -0.05) is 0 Å². The largest absolute Gasteiger partial charge is 0.468 e. The standard InChI is InChI=1S/C14H15FN2O3S/c1-7-8(15)6-17-10-5-12(21-13(7)10)11(18)4-3-9(16)14(19)20-2/h5-6,9H,3-4,16H2,1-2H3/t9-/m1/s1. The predicted molar refractivity (Wildman–Crippen MR) is 77.9 cm³/mol. The third-order valence-corrected chi connectivity index (χ3v) is 4.47. The zero-order chi connectivity index (χ0) is 15.6. The Morgan fingerprint density at radius 1 is 1.52 bits per heavy atom. The molecular formula is C14H15FN2O3S. The van der Waals surface area contributed by atoms with E-state index in [9.17, 15) is 14.0 Å². The first kappa shape index (κ1) is 15.5. The number of aromatic nitrogens is 1. The summed E-state index contributed by atoms with van der Waals surface area (Å²) in [5, 5.41) is 0. The number of thiophene rings is 1. The zero-order valence-electron chi connectivity index (χ0n) is 11.7. The molecule has 112 valence electrons. The van der Waals surface area contributed by atoms with Crippen LogP contribution in [0.3, 0.4) is 0 Å². The molecule has 0 amide bonds. The SMILES string of the molecule is COC(=O)[C@H](N)CCC(=O)c1cc2ncc(F)c(C)c2s1. The van der Waals surface area contributed by atoms with Gasteiger partial charge in [0.25, 0.3) is 0 Å². The fraction of sp³-hybridized carbons (Fsp3) is 0.357. The van der Waals surface area contributed by atoms with Crippen LogP contribution in [0.5, 0.6) is 0 Å². The second-order valence-corrected chi connectivity index (χ2v) is 5.70. The summed E-state index contributed by atoms with van der Waals surface area (Å²) in [5.74, 6) is -1.08. The van der Waals surface area contributed by atoms with Crippen LogP contribution in [0.15, 0.2) is 12.3 Å². The number of aryl methyl sites for hydroxylation is 1. The van der Waals surface area contributed by atoms with Crippen molar-refractivity contribution in [2.24, 2.45) is 5.73 Å². The van der Waals surface area contributed by atoms with Crippen molar-refractivity contribution in [1.29, 1.82) is 0 Å². The number of carbonyl (C=O) groups excluding carboxylic acids is 2. The molecule has 1 atom stereocenters. The molecule has 2 aromatic heterocycles. The summed E-state index contributed by atoms with van der Waals surface area (Å²) in [5.41, 5.74) is 6.67. The van der Waals surface area contributed by atoms with E-state index in [1.807, 2.05) is 0 Å². The van der Waals surface area contributed by atoms with E-state index in [0.717, 1.165) is 6.20 Å². The van der Waals surface area contributed by atoms with Gasteiger partial charge >= 0.3 is 5.97 Å². The molecule has 5 nitrogen and oxygen atoms in total. The average molecular weight is 310 g/mol. The number of ketones is 1. The summed E-state index contributed by atoms with van der Waals surface area (Å²) >= 11 is 1.20. The number of ether oxygens (including phenoxy) is 1. The first-order valence-electron chi connectivity index (χ1n) is 6.35. The van der Waals surface area contributed by atoms with Crippen molar-refractivity contribution in [3.63, 3.8) is 0 Å². The van der Waals surface area contributed by atoms with Crippen molar-refractivity contribution in [3.8, 4) is 0 Å². The summed E-state index contributed by atoms with van der Waals surface area (Å²) in [4.78, 5) is 27.7. The van der Waals surface area contributed by atoms with Crippen molar-refractivity contribution >= 4 is 33.3 Å². The van der Waals surface area contributed by atoms with E-state index < -0.39 is 17.8 Å². The molecule has 2 N–H and O–H groups in total. The highest BCUT2D eigenvalue weighted by atomic mass is 32.1. The molecular weight excluding hydrogens is 295 g/mol. The Balaban J connectivity index is 2.13. The number of fused-ring (bicyclic) bond motifs is 1. The van der Waals surface area contributed by atoms with E-state index >= 15 is 0 Å². The summed E-state index contributed by atoms with van der Waals surface area (Å²) in [6, 6.07) is 0.823. The quantitative estimate of drug-likeness (QED) is 0.676. The van der Waals surface area contributed by atoms with E-state index in [0.29, 0.717) is 20.7 Å². The number of pyridine rings is 1. The van der Waals surface area contributed by atoms with E-state index in [-0.39, 0.29) is 18.6 Å². The molecule has 0 fully saturated rings. The monoisotopic (exact) mass is 310 g/mol. The van der Waals surface area contributed by atoms with E-state index in [2.05, 4.69) is 9.72 Å². The second-order valence-electron chi connectivity index (χ2n) is 4.65. The molecule has 21 heavy (non-hydrogen) atoms. The van der Waals surface area contributed by atoms with Gasteiger partial charge in [-0.15, -0.1) is 11.3 Å². The lowest BCUT2D eigenvalue weighted by molar-refractivity contribution is -0.142. The van der Waals surface area contributed by atoms with Crippen LogP contribution in [0, 0.1) is 12.7 Å². The number of esters is 1. The molecule has 0 aromatic carbocycles. The van der Waals surface area contributed by atoms with Gasteiger partial charge < -0.3 is 10.5 Å². The van der Waals surface area contributed by atoms with Gasteiger partial charge in [-0.2, -0.15) is 0 Å². The van der Waals surface area contributed by atoms with Crippen LogP contribution in [0.1, 0.15) is 28.1 Å². The van der Waals surface area contributed by atoms with Crippen molar-refractivity contribution in [1.82, 2.24) is 4.98 Å². The van der Waals surface area contributed by atoms with Crippen LogP contribution in [0.2, 0.25) is 0 Å². The van der Waals surface area contributed by atoms with Crippen molar-refractivity contribution in [3.05, 3.63) is 28.5 Å². The van der Waals surface area contributed by atoms with Gasteiger partial charge in [0, 0.05) is 12.0 Å². The Kier molecular flexibility index (Phi) is 4.64. The predicted octanol–water partition coefficient (Wildman–Crippen LogP) is 2.21. The highest BCUT2D eigenvalue weighted by molar-refractivity contribution is 7.21. The normalized spacial score (nSPS) is 12.4. The number of nitrogens with zero attached hydrogens (tertiary/aromatic N) is 1. The number of hydrogen-bond acceptors (Lipinski definition) is 6. The average Bonchev–Trinajstić information content (AvgIpc) is 2.92. The topological polar surface area (TPSA) is 82.3 Å². The molecule has 2 aromatic rings. The van der Waals surface area contributed by atoms with Gasteiger partial charge in [-0.25, -0.2) is 4.39 Å². The van der Waals surface area contributed by atoms with Gasteiger partial charge in [-0.3, -0.25) is 14.6 Å². The maximum atomic E-state index is 13.4. The van der Waals surface area contributed by atoms with Gasteiger partial charge in [0.1, 0.15) is 11.9 Å². The highest BCUT2D eigenvalue weighted by Crippen LogP contribution is 2.29. The molecule has 0 radical (unpaired) electrons. The summed E-state index contributed by atoms with van der Waals surface area (Å²) in [6.07, 6.45) is 1.48. The smallest absolute Gasteiger partial charge is 0.322 e. The third kappa shape index (κ3) is 3.25. The molecule has 2 rings (SSSR count). The highest BCUT2D eigenvalue weighted by Gasteiger charge is 2.18. The fourth-order valence-corrected chi connectivity index (χ4v) is 2.97. The minimum Gasteiger partial charge on any atom is -0.468 e. The van der Waals surface area contributed by atoms with Gasteiger partial charge in [0.2, 0.25) is 0 Å². The van der Waals surface area contributed by atoms with E-state index in [1.54, 1.807) is 13.0 Å². The second kappa shape index (κ2) is 6.28. The van der Waals surface area contributed by atoms with Gasteiger partial charge in [0.15, 0.2) is 5.78 Å². The van der Waals surface area contributed by atoms with Crippen LogP contribution < -0.4 is 5.73 Å². The number of Topliss-reactive ketones (excluding diaryl/α,β-unsaturated/α-hetero) is 1. The Morgan fingerprint density at radius 3 is 2.90 bits per heavy atom. The van der Waals surface area contributed by atoms with Crippen LogP contribution in [0.4, 0.5) is 4.39 Å². The number of halogens is 1. The first-order valence-corrected chi connectivity index (χ1v) is 7.17. The van der Waals surface area contributed by atoms with E-state index in [4.69, 9.17) is 5.73 Å². The molecule has 0 aliphatic carbocycles. The first-order chi connectivity index (χ1) is 9.93. The molecule has 0 aliphatic heterocycles. The number of hydrogen-bond donors (Lipinski definition) is 1. The lowest BCUT2D eigenvalue weighted by Crippen LogP contribution is -2.31. The molecule has 0 saturated carbocycles. The Labute approximate surface area is 124 Å². The summed E-state index contributed by atoms with van der Waals surface area (Å²) in [7, 11) is 1.25. The fourth-order valence-electron chi connectivity index (χ4n) is 1.89. The molecule has 0 spiro atoms. The maximum absolute atomic E-state index is 13.4. The zero-order valence-corrected chi connectivity index (χ0v) is 12.5. The van der Waals surface area contributed by atoms with Crippen LogP contribution in [-0.4, -0.2) is 29.9 Å². The molecule has 7 heteroatoms. The van der Waals surface area contributed by atoms with E-state index in [1.165, 1.54) is 18.4 Å². The van der Waals surface area contributed by atoms with Gasteiger partial charge in [0.05, 0.1) is 28.4 Å².